The number of carbonyl (C=O) groups excluding carboxylic acids is 1. The average molecular weight is 321 g/mol. The van der Waals surface area contributed by atoms with Gasteiger partial charge in [-0.15, -0.1) is 0 Å². The molecule has 96 valence electrons. The monoisotopic (exact) mass is 320 g/mol. The molecule has 19 heavy (non-hydrogen) atoms. The molecular formula is C12H9BrN4O2. The molecular weight excluding hydrogens is 312 g/mol. The van der Waals surface area contributed by atoms with Gasteiger partial charge in [0.25, 0.3) is 0 Å². The van der Waals surface area contributed by atoms with Gasteiger partial charge in [0.2, 0.25) is 0 Å². The molecule has 0 amide bonds. The fraction of sp³-hybridized carbons (Fsp3) is 0.167. The van der Waals surface area contributed by atoms with Gasteiger partial charge in [0.15, 0.2) is 0 Å². The molecule has 0 aliphatic carbocycles. The van der Waals surface area contributed by atoms with Crippen LogP contribution >= 0.6 is 15.9 Å². The molecule has 0 radical (unpaired) electrons. The minimum absolute atomic E-state index is 0.138. The van der Waals surface area contributed by atoms with Crippen molar-refractivity contribution in [1.82, 2.24) is 4.98 Å². The lowest BCUT2D eigenvalue weighted by Gasteiger charge is -2.09. The molecule has 0 saturated heterocycles. The van der Waals surface area contributed by atoms with Gasteiger partial charge in [-0.05, 0) is 24.1 Å². The fourth-order valence-electron chi connectivity index (χ4n) is 1.80. The Kier molecular flexibility index (Phi) is 3.69. The summed E-state index contributed by atoms with van der Waals surface area (Å²) < 4.78 is 5.37. The van der Waals surface area contributed by atoms with Gasteiger partial charge in [0, 0.05) is 21.0 Å². The molecule has 0 fully saturated rings. The Morgan fingerprint density at radius 1 is 1.53 bits per heavy atom. The quantitative estimate of drug-likeness (QED) is 0.362. The number of azide groups is 1. The van der Waals surface area contributed by atoms with Crippen LogP contribution in [0.15, 0.2) is 27.9 Å². The number of ether oxygens (including phenoxy) is 1. The molecule has 0 unspecified atom stereocenters. The maximum Gasteiger partial charge on any atom is 0.339 e. The molecule has 2 rings (SSSR count). The molecule has 6 nitrogen and oxygen atoms in total. The number of fused-ring (bicyclic) bond motifs is 1. The Balaban J connectivity index is 2.96. The van der Waals surface area contributed by atoms with Gasteiger partial charge in [-0.1, -0.05) is 27.1 Å². The largest absolute Gasteiger partial charge is 0.465 e. The Morgan fingerprint density at radius 2 is 2.26 bits per heavy atom. The van der Waals surface area contributed by atoms with E-state index in [1.54, 1.807) is 0 Å². The van der Waals surface area contributed by atoms with E-state index in [0.717, 1.165) is 5.56 Å². The molecule has 0 atom stereocenters. The molecule has 0 spiro atoms. The molecule has 7 heteroatoms. The van der Waals surface area contributed by atoms with Gasteiger partial charge >= 0.3 is 5.97 Å². The summed E-state index contributed by atoms with van der Waals surface area (Å²) in [5.74, 6) is -0.592. The lowest BCUT2D eigenvalue weighted by molar-refractivity contribution is 0.0601. The molecule has 1 aromatic heterocycles. The normalized spacial score (nSPS) is 10.1. The molecule has 0 N–H and O–H groups in total. The number of esters is 1. The second-order valence-corrected chi connectivity index (χ2v) is 4.64. The number of halogens is 1. The van der Waals surface area contributed by atoms with Crippen LogP contribution in [0.5, 0.6) is 0 Å². The van der Waals surface area contributed by atoms with Gasteiger partial charge in [0.05, 0.1) is 23.9 Å². The number of rotatable bonds is 2. The second-order valence-electron chi connectivity index (χ2n) is 3.79. The number of hydrogen-bond acceptors (Lipinski definition) is 4. The Morgan fingerprint density at radius 3 is 2.89 bits per heavy atom. The number of methoxy groups -OCH3 is 1. The molecule has 0 bridgehead atoms. The molecule has 1 aromatic carbocycles. The van der Waals surface area contributed by atoms with Crippen molar-refractivity contribution in [2.75, 3.05) is 7.11 Å². The van der Waals surface area contributed by atoms with Crippen LogP contribution in [0.3, 0.4) is 0 Å². The minimum Gasteiger partial charge on any atom is -0.465 e. The SMILES string of the molecule is COC(=O)c1cnc2c(C)ccc(Br)c2c1N=[N+]=[N-]. The zero-order chi connectivity index (χ0) is 14.0. The van der Waals surface area contributed by atoms with E-state index >= 15 is 0 Å². The van der Waals surface area contributed by atoms with Crippen molar-refractivity contribution in [3.8, 4) is 0 Å². The Hall–Kier alpha value is -2.11. The Labute approximate surface area is 117 Å². The topological polar surface area (TPSA) is 88.0 Å². The maximum atomic E-state index is 11.7. The predicted octanol–water partition coefficient (Wildman–Crippen LogP) is 4.03. The number of benzene rings is 1. The van der Waals surface area contributed by atoms with Gasteiger partial charge in [0.1, 0.15) is 0 Å². The number of aromatic nitrogens is 1. The highest BCUT2D eigenvalue weighted by atomic mass is 79.9. The summed E-state index contributed by atoms with van der Waals surface area (Å²) in [4.78, 5) is 18.7. The number of pyridine rings is 1. The van der Waals surface area contributed by atoms with Crippen LogP contribution in [0.2, 0.25) is 0 Å². The summed E-state index contributed by atoms with van der Waals surface area (Å²) in [6, 6.07) is 3.70. The highest BCUT2D eigenvalue weighted by Gasteiger charge is 2.17. The molecule has 0 aliphatic heterocycles. The van der Waals surface area contributed by atoms with Crippen molar-refractivity contribution in [2.24, 2.45) is 5.11 Å². The minimum atomic E-state index is -0.592. The zero-order valence-corrected chi connectivity index (χ0v) is 11.8. The van der Waals surface area contributed by atoms with Crippen LogP contribution in [-0.2, 0) is 4.74 Å². The van der Waals surface area contributed by atoms with E-state index < -0.39 is 5.97 Å². The second kappa shape index (κ2) is 5.26. The third-order valence-electron chi connectivity index (χ3n) is 2.69. The van der Waals surface area contributed by atoms with Crippen LogP contribution in [-0.4, -0.2) is 18.1 Å². The first-order valence-corrected chi connectivity index (χ1v) is 6.10. The third-order valence-corrected chi connectivity index (χ3v) is 3.35. The average Bonchev–Trinajstić information content (AvgIpc) is 2.42. The summed E-state index contributed by atoms with van der Waals surface area (Å²) >= 11 is 3.38. The van der Waals surface area contributed by atoms with E-state index in [0.29, 0.717) is 15.4 Å². The smallest absolute Gasteiger partial charge is 0.339 e. The highest BCUT2D eigenvalue weighted by Crippen LogP contribution is 2.36. The van der Waals surface area contributed by atoms with E-state index in [2.05, 4.69) is 35.7 Å². The van der Waals surface area contributed by atoms with Crippen LogP contribution in [0, 0.1) is 6.92 Å². The van der Waals surface area contributed by atoms with Gasteiger partial charge in [-0.25, -0.2) is 4.79 Å². The van der Waals surface area contributed by atoms with E-state index in [-0.39, 0.29) is 11.3 Å². The molecule has 1 heterocycles. The highest BCUT2D eigenvalue weighted by molar-refractivity contribution is 9.10. The summed E-state index contributed by atoms with van der Waals surface area (Å²) in [6.45, 7) is 1.89. The van der Waals surface area contributed by atoms with Crippen molar-refractivity contribution in [3.63, 3.8) is 0 Å². The van der Waals surface area contributed by atoms with E-state index in [9.17, 15) is 4.79 Å². The van der Waals surface area contributed by atoms with Crippen molar-refractivity contribution in [2.45, 2.75) is 6.92 Å². The van der Waals surface area contributed by atoms with E-state index in [4.69, 9.17) is 5.53 Å². The van der Waals surface area contributed by atoms with Crippen LogP contribution in [0.4, 0.5) is 5.69 Å². The van der Waals surface area contributed by atoms with Gasteiger partial charge < -0.3 is 4.74 Å². The first-order chi connectivity index (χ1) is 9.10. The van der Waals surface area contributed by atoms with Crippen LogP contribution < -0.4 is 0 Å². The number of hydrogen-bond donors (Lipinski definition) is 0. The van der Waals surface area contributed by atoms with Crippen molar-refractivity contribution >= 4 is 38.5 Å². The first-order valence-electron chi connectivity index (χ1n) is 5.31. The standard InChI is InChI=1S/C12H9BrN4O2/c1-6-3-4-8(13)9-10(6)15-5-7(12(18)19-2)11(9)16-17-14/h3-5H,1-2H3. The summed E-state index contributed by atoms with van der Waals surface area (Å²) in [6.07, 6.45) is 1.36. The van der Waals surface area contributed by atoms with E-state index in [1.165, 1.54) is 13.3 Å². The van der Waals surface area contributed by atoms with Crippen molar-refractivity contribution in [1.29, 1.82) is 0 Å². The number of aryl methyl sites for hydroxylation is 1. The van der Waals surface area contributed by atoms with Crippen molar-refractivity contribution in [3.05, 3.63) is 44.4 Å². The van der Waals surface area contributed by atoms with Crippen LogP contribution in [0.25, 0.3) is 21.3 Å². The molecule has 2 aromatic rings. The maximum absolute atomic E-state index is 11.7. The van der Waals surface area contributed by atoms with Crippen molar-refractivity contribution < 1.29 is 9.53 Å². The van der Waals surface area contributed by atoms with Crippen LogP contribution in [0.1, 0.15) is 15.9 Å². The van der Waals surface area contributed by atoms with Gasteiger partial charge in [-0.3, -0.25) is 4.98 Å². The lowest BCUT2D eigenvalue weighted by Crippen LogP contribution is -2.03. The molecule has 0 saturated carbocycles. The van der Waals surface area contributed by atoms with E-state index in [1.807, 2.05) is 19.1 Å². The molecule has 0 aliphatic rings. The Bertz CT molecular complexity index is 723. The summed E-state index contributed by atoms with van der Waals surface area (Å²) in [7, 11) is 1.26. The lowest BCUT2D eigenvalue weighted by atomic mass is 10.1. The first kappa shape index (κ1) is 13.3. The fourth-order valence-corrected chi connectivity index (χ4v) is 2.30. The third kappa shape index (κ3) is 2.25. The van der Waals surface area contributed by atoms with Gasteiger partial charge in [-0.2, -0.15) is 0 Å². The number of carbonyl (C=O) groups is 1. The number of nitrogens with zero attached hydrogens (tertiary/aromatic N) is 4. The summed E-state index contributed by atoms with van der Waals surface area (Å²) in [5.41, 5.74) is 10.6. The summed E-state index contributed by atoms with van der Waals surface area (Å²) in [5, 5.41) is 4.21. The zero-order valence-electron chi connectivity index (χ0n) is 10.2. The predicted molar refractivity (Wildman–Crippen MR) is 74.3 cm³/mol.